The molecule has 2 aliphatic rings. The maximum Gasteiger partial charge on any atom is 0.0927 e. The first kappa shape index (κ1) is 12.8. The van der Waals surface area contributed by atoms with Crippen molar-refractivity contribution in [1.29, 1.82) is 0 Å². The summed E-state index contributed by atoms with van der Waals surface area (Å²) >= 11 is 0. The predicted molar refractivity (Wildman–Crippen MR) is 64.2 cm³/mol. The molecule has 0 bridgehead atoms. The standard InChI is InChI=1S/C12H22N2O3/c1-15-12(4-7-16-8-5-12)11(14-13)10-3-2-6-17-9-10/h9,11,14H,2-8,13H2,1H3. The summed E-state index contributed by atoms with van der Waals surface area (Å²) in [6, 6.07) is 0.0108. The van der Waals surface area contributed by atoms with Crippen LogP contribution < -0.4 is 11.3 Å². The van der Waals surface area contributed by atoms with E-state index in [9.17, 15) is 0 Å². The van der Waals surface area contributed by atoms with E-state index in [2.05, 4.69) is 5.43 Å². The molecule has 1 fully saturated rings. The first-order chi connectivity index (χ1) is 8.32. The van der Waals surface area contributed by atoms with Crippen molar-refractivity contribution in [2.24, 2.45) is 5.84 Å². The zero-order chi connectivity index (χ0) is 12.1. The summed E-state index contributed by atoms with van der Waals surface area (Å²) in [5.74, 6) is 5.73. The molecule has 0 saturated carbocycles. The summed E-state index contributed by atoms with van der Waals surface area (Å²) in [4.78, 5) is 0. The van der Waals surface area contributed by atoms with E-state index in [0.717, 1.165) is 45.5 Å². The van der Waals surface area contributed by atoms with Crippen LogP contribution in [0.15, 0.2) is 11.8 Å². The zero-order valence-corrected chi connectivity index (χ0v) is 10.4. The van der Waals surface area contributed by atoms with Gasteiger partial charge in [0.15, 0.2) is 0 Å². The van der Waals surface area contributed by atoms with E-state index in [0.29, 0.717) is 0 Å². The maximum atomic E-state index is 5.77. The van der Waals surface area contributed by atoms with Crippen LogP contribution in [0.1, 0.15) is 25.7 Å². The van der Waals surface area contributed by atoms with E-state index >= 15 is 0 Å². The van der Waals surface area contributed by atoms with Crippen LogP contribution in [0.25, 0.3) is 0 Å². The van der Waals surface area contributed by atoms with E-state index in [1.807, 2.05) is 6.26 Å². The molecule has 0 aliphatic carbocycles. The van der Waals surface area contributed by atoms with Gasteiger partial charge in [0, 0.05) is 33.2 Å². The van der Waals surface area contributed by atoms with E-state index in [1.165, 1.54) is 5.57 Å². The number of hydrogen-bond donors (Lipinski definition) is 2. The molecule has 0 amide bonds. The van der Waals surface area contributed by atoms with Gasteiger partial charge in [0.1, 0.15) is 0 Å². The third-order valence-corrected chi connectivity index (χ3v) is 3.77. The predicted octanol–water partition coefficient (Wildman–Crippen LogP) is 0.708. The molecule has 3 N–H and O–H groups in total. The smallest absolute Gasteiger partial charge is 0.0927 e. The summed E-state index contributed by atoms with van der Waals surface area (Å²) in [5.41, 5.74) is 3.84. The highest BCUT2D eigenvalue weighted by molar-refractivity contribution is 5.17. The summed E-state index contributed by atoms with van der Waals surface area (Å²) < 4.78 is 16.6. The van der Waals surface area contributed by atoms with Crippen molar-refractivity contribution in [3.05, 3.63) is 11.8 Å². The summed E-state index contributed by atoms with van der Waals surface area (Å²) in [6.45, 7) is 2.24. The van der Waals surface area contributed by atoms with Crippen molar-refractivity contribution in [2.75, 3.05) is 26.9 Å². The second-order valence-electron chi connectivity index (χ2n) is 4.65. The summed E-state index contributed by atoms with van der Waals surface area (Å²) in [7, 11) is 1.75. The molecule has 5 nitrogen and oxygen atoms in total. The zero-order valence-electron chi connectivity index (χ0n) is 10.4. The number of hydrazine groups is 1. The van der Waals surface area contributed by atoms with Crippen LogP contribution in [0.5, 0.6) is 0 Å². The van der Waals surface area contributed by atoms with E-state index in [-0.39, 0.29) is 11.6 Å². The molecule has 17 heavy (non-hydrogen) atoms. The first-order valence-corrected chi connectivity index (χ1v) is 6.22. The minimum Gasteiger partial charge on any atom is -0.501 e. The lowest BCUT2D eigenvalue weighted by Crippen LogP contribution is -2.58. The normalized spacial score (nSPS) is 25.9. The lowest BCUT2D eigenvalue weighted by Gasteiger charge is -2.43. The Morgan fingerprint density at radius 1 is 1.41 bits per heavy atom. The monoisotopic (exact) mass is 242 g/mol. The Labute approximate surface area is 102 Å². The van der Waals surface area contributed by atoms with Crippen molar-refractivity contribution in [3.63, 3.8) is 0 Å². The molecule has 0 aromatic carbocycles. The van der Waals surface area contributed by atoms with Crippen LogP contribution in [0.2, 0.25) is 0 Å². The Bertz CT molecular complexity index is 275. The van der Waals surface area contributed by atoms with Gasteiger partial charge in [0.2, 0.25) is 0 Å². The van der Waals surface area contributed by atoms with Gasteiger partial charge in [-0.25, -0.2) is 0 Å². The van der Waals surface area contributed by atoms with Gasteiger partial charge >= 0.3 is 0 Å². The van der Waals surface area contributed by atoms with Crippen molar-refractivity contribution < 1.29 is 14.2 Å². The molecule has 1 unspecified atom stereocenters. The molecule has 2 rings (SSSR count). The van der Waals surface area contributed by atoms with Gasteiger partial charge < -0.3 is 14.2 Å². The SMILES string of the molecule is COC1(C(NN)C2=COCCC2)CCOCC1. The third kappa shape index (κ3) is 2.63. The highest BCUT2D eigenvalue weighted by Crippen LogP contribution is 2.33. The van der Waals surface area contributed by atoms with Crippen molar-refractivity contribution in [1.82, 2.24) is 5.43 Å². The average molecular weight is 242 g/mol. The second kappa shape index (κ2) is 5.82. The highest BCUT2D eigenvalue weighted by Gasteiger charge is 2.42. The van der Waals surface area contributed by atoms with Crippen LogP contribution >= 0.6 is 0 Å². The molecule has 5 heteroatoms. The number of rotatable bonds is 4. The molecular formula is C12H22N2O3. The van der Waals surface area contributed by atoms with Crippen LogP contribution in [-0.2, 0) is 14.2 Å². The van der Waals surface area contributed by atoms with Gasteiger partial charge in [-0.15, -0.1) is 0 Å². The van der Waals surface area contributed by atoms with E-state index < -0.39 is 0 Å². The second-order valence-corrected chi connectivity index (χ2v) is 4.65. The molecule has 0 aromatic rings. The lowest BCUT2D eigenvalue weighted by molar-refractivity contribution is -0.105. The van der Waals surface area contributed by atoms with Crippen LogP contribution in [0.4, 0.5) is 0 Å². The van der Waals surface area contributed by atoms with Gasteiger partial charge in [-0.05, 0) is 18.4 Å². The summed E-state index contributed by atoms with van der Waals surface area (Å²) in [6.07, 6.45) is 5.61. The van der Waals surface area contributed by atoms with Crippen LogP contribution in [0, 0.1) is 0 Å². The molecule has 0 radical (unpaired) electrons. The molecule has 1 saturated heterocycles. The summed E-state index contributed by atoms with van der Waals surface area (Å²) in [5, 5.41) is 0. The maximum absolute atomic E-state index is 5.77. The van der Waals surface area contributed by atoms with Crippen molar-refractivity contribution in [2.45, 2.75) is 37.3 Å². The average Bonchev–Trinajstić information content (AvgIpc) is 2.42. The van der Waals surface area contributed by atoms with Crippen LogP contribution in [-0.4, -0.2) is 38.6 Å². The topological polar surface area (TPSA) is 65.7 Å². The Morgan fingerprint density at radius 2 is 2.18 bits per heavy atom. The van der Waals surface area contributed by atoms with E-state index in [1.54, 1.807) is 7.11 Å². The molecule has 2 aliphatic heterocycles. The minimum atomic E-state index is -0.264. The van der Waals surface area contributed by atoms with Gasteiger partial charge in [-0.1, -0.05) is 0 Å². The molecule has 98 valence electrons. The largest absolute Gasteiger partial charge is 0.501 e. The van der Waals surface area contributed by atoms with E-state index in [4.69, 9.17) is 20.1 Å². The third-order valence-electron chi connectivity index (χ3n) is 3.77. The number of methoxy groups -OCH3 is 1. The van der Waals surface area contributed by atoms with Crippen molar-refractivity contribution >= 4 is 0 Å². The quantitative estimate of drug-likeness (QED) is 0.561. The Morgan fingerprint density at radius 3 is 2.71 bits per heavy atom. The highest BCUT2D eigenvalue weighted by atomic mass is 16.5. The number of ether oxygens (including phenoxy) is 3. The Kier molecular flexibility index (Phi) is 4.39. The Hall–Kier alpha value is -0.620. The fraction of sp³-hybridized carbons (Fsp3) is 0.833. The Balaban J connectivity index is 2.16. The van der Waals surface area contributed by atoms with Gasteiger partial charge in [0.05, 0.1) is 24.5 Å². The van der Waals surface area contributed by atoms with Crippen molar-refractivity contribution in [3.8, 4) is 0 Å². The first-order valence-electron chi connectivity index (χ1n) is 6.22. The molecule has 1 atom stereocenters. The number of nitrogens with one attached hydrogen (secondary N) is 1. The minimum absolute atomic E-state index is 0.0108. The number of nitrogens with two attached hydrogens (primary N) is 1. The molecule has 2 heterocycles. The number of hydrogen-bond acceptors (Lipinski definition) is 5. The van der Waals surface area contributed by atoms with Gasteiger partial charge in [0.25, 0.3) is 0 Å². The lowest BCUT2D eigenvalue weighted by atomic mass is 9.81. The van der Waals surface area contributed by atoms with Gasteiger partial charge in [-0.3, -0.25) is 11.3 Å². The fourth-order valence-corrected chi connectivity index (χ4v) is 2.72. The van der Waals surface area contributed by atoms with Gasteiger partial charge in [-0.2, -0.15) is 0 Å². The fourth-order valence-electron chi connectivity index (χ4n) is 2.72. The molecule has 0 spiro atoms. The van der Waals surface area contributed by atoms with Crippen LogP contribution in [0.3, 0.4) is 0 Å². The molecular weight excluding hydrogens is 220 g/mol. The molecule has 0 aromatic heterocycles.